The zero-order chi connectivity index (χ0) is 17.8. The van der Waals surface area contributed by atoms with Gasteiger partial charge in [0.05, 0.1) is 24.9 Å². The third-order valence-corrected chi connectivity index (χ3v) is 5.30. The van der Waals surface area contributed by atoms with Gasteiger partial charge in [0.2, 0.25) is 0 Å². The van der Waals surface area contributed by atoms with E-state index in [1.54, 1.807) is 7.11 Å². The first-order chi connectivity index (χ1) is 12.1. The maximum atomic E-state index is 11.1. The number of ether oxygens (including phenoxy) is 2. The van der Waals surface area contributed by atoms with Gasteiger partial charge in [-0.05, 0) is 49.8 Å². The molecule has 0 aromatic heterocycles. The van der Waals surface area contributed by atoms with Gasteiger partial charge in [-0.15, -0.1) is 0 Å². The summed E-state index contributed by atoms with van der Waals surface area (Å²) in [4.78, 5) is 11.1. The number of carbonyl (C=O) groups is 1. The van der Waals surface area contributed by atoms with E-state index in [2.05, 4.69) is 5.32 Å². The van der Waals surface area contributed by atoms with Gasteiger partial charge < -0.3 is 19.9 Å². The molecule has 2 N–H and O–H groups in total. The predicted molar refractivity (Wildman–Crippen MR) is 95.8 cm³/mol. The SMILES string of the molecule is C1CC2CC1O2.CCC(C(=O)O)=C1CC(c2ccc(OC)cc2)CN1. The smallest absolute Gasteiger partial charge is 0.333 e. The molecular weight excluding hydrogens is 318 g/mol. The van der Waals surface area contributed by atoms with Crippen LogP contribution in [-0.4, -0.2) is 36.9 Å². The van der Waals surface area contributed by atoms with Gasteiger partial charge in [0, 0.05) is 18.2 Å². The van der Waals surface area contributed by atoms with Gasteiger partial charge in [0.15, 0.2) is 0 Å². The van der Waals surface area contributed by atoms with Crippen LogP contribution >= 0.6 is 0 Å². The minimum atomic E-state index is -0.819. The van der Waals surface area contributed by atoms with Crippen LogP contribution in [-0.2, 0) is 9.53 Å². The van der Waals surface area contributed by atoms with E-state index in [1.807, 2.05) is 31.2 Å². The molecule has 4 aliphatic rings. The number of rotatable bonds is 4. The Balaban J connectivity index is 0.000000250. The van der Waals surface area contributed by atoms with Crippen molar-refractivity contribution >= 4 is 5.97 Å². The van der Waals surface area contributed by atoms with Gasteiger partial charge in [0.1, 0.15) is 5.75 Å². The van der Waals surface area contributed by atoms with Crippen molar-refractivity contribution in [1.82, 2.24) is 5.32 Å². The molecule has 1 saturated carbocycles. The van der Waals surface area contributed by atoms with Crippen LogP contribution in [0.3, 0.4) is 0 Å². The molecule has 0 radical (unpaired) electrons. The molecule has 5 heteroatoms. The fourth-order valence-corrected chi connectivity index (χ4v) is 3.77. The fraction of sp³-hybridized carbons (Fsp3) is 0.550. The zero-order valence-electron chi connectivity index (χ0n) is 15.0. The summed E-state index contributed by atoms with van der Waals surface area (Å²) in [7, 11) is 1.65. The Morgan fingerprint density at radius 1 is 1.28 bits per heavy atom. The van der Waals surface area contributed by atoms with Crippen LogP contribution < -0.4 is 10.1 Å². The highest BCUT2D eigenvalue weighted by atomic mass is 16.5. The highest BCUT2D eigenvalue weighted by Gasteiger charge is 2.36. The van der Waals surface area contributed by atoms with Gasteiger partial charge in [-0.25, -0.2) is 4.79 Å². The first-order valence-corrected chi connectivity index (χ1v) is 9.09. The van der Waals surface area contributed by atoms with Crippen LogP contribution in [0.5, 0.6) is 5.75 Å². The lowest BCUT2D eigenvalue weighted by Crippen LogP contribution is -2.25. The van der Waals surface area contributed by atoms with Crippen molar-refractivity contribution in [2.45, 2.75) is 57.2 Å². The largest absolute Gasteiger partial charge is 0.497 e. The lowest BCUT2D eigenvalue weighted by Gasteiger charge is -2.23. The summed E-state index contributed by atoms with van der Waals surface area (Å²) in [5.41, 5.74) is 2.58. The molecule has 5 rings (SSSR count). The molecule has 1 aromatic rings. The van der Waals surface area contributed by atoms with Crippen molar-refractivity contribution in [3.8, 4) is 5.75 Å². The fourth-order valence-electron chi connectivity index (χ4n) is 3.77. The summed E-state index contributed by atoms with van der Waals surface area (Å²) in [5.74, 6) is 0.354. The number of hydrogen-bond acceptors (Lipinski definition) is 4. The Bertz CT molecular complexity index is 618. The Morgan fingerprint density at radius 3 is 2.36 bits per heavy atom. The normalized spacial score (nSPS) is 28.3. The molecule has 25 heavy (non-hydrogen) atoms. The number of carboxylic acid groups (broad SMARTS) is 1. The van der Waals surface area contributed by atoms with Gasteiger partial charge in [0.25, 0.3) is 0 Å². The van der Waals surface area contributed by atoms with Crippen LogP contribution in [0.4, 0.5) is 0 Å². The number of methoxy groups -OCH3 is 1. The van der Waals surface area contributed by atoms with Gasteiger partial charge in [-0.3, -0.25) is 0 Å². The van der Waals surface area contributed by atoms with Crippen LogP contribution in [0, 0.1) is 0 Å². The molecular formula is C20H27NO4. The van der Waals surface area contributed by atoms with E-state index in [4.69, 9.17) is 14.6 Å². The first-order valence-electron chi connectivity index (χ1n) is 9.09. The molecule has 5 nitrogen and oxygen atoms in total. The van der Waals surface area contributed by atoms with Crippen molar-refractivity contribution in [2.24, 2.45) is 0 Å². The van der Waals surface area contributed by atoms with E-state index in [9.17, 15) is 4.79 Å². The Labute approximate surface area is 149 Å². The molecule has 0 spiro atoms. The van der Waals surface area contributed by atoms with E-state index in [0.29, 0.717) is 30.1 Å². The molecule has 3 atom stereocenters. The molecule has 0 amide bonds. The molecule has 2 bridgehead atoms. The molecule has 3 saturated heterocycles. The number of fused-ring (bicyclic) bond motifs is 1. The Kier molecular flexibility index (Phi) is 5.63. The molecule has 3 unspecified atom stereocenters. The summed E-state index contributed by atoms with van der Waals surface area (Å²) in [6.45, 7) is 2.66. The first kappa shape index (κ1) is 17.8. The molecule has 3 heterocycles. The minimum absolute atomic E-state index is 0.335. The molecule has 1 aromatic carbocycles. The standard InChI is InChI=1S/C15H19NO3.C5H8O/c1-3-13(15(17)18)14-8-11(9-16-14)10-4-6-12(19-2)7-5-10;1-2-5-3-4(1)6-5/h4-7,11,16H,3,8-9H2,1-2H3,(H,17,18);4-5H,1-3H2. The number of nitrogens with one attached hydrogen (secondary N) is 1. The Morgan fingerprint density at radius 2 is 1.92 bits per heavy atom. The number of allylic oxidation sites excluding steroid dienone is 1. The second kappa shape index (κ2) is 7.91. The second-order valence-electron chi connectivity index (χ2n) is 6.86. The summed E-state index contributed by atoms with van der Waals surface area (Å²) < 4.78 is 10.4. The van der Waals surface area contributed by atoms with Gasteiger partial charge >= 0.3 is 5.97 Å². The van der Waals surface area contributed by atoms with E-state index in [-0.39, 0.29) is 0 Å². The summed E-state index contributed by atoms with van der Waals surface area (Å²) in [6.07, 6.45) is 6.73. The lowest BCUT2D eigenvalue weighted by molar-refractivity contribution is -0.132. The third-order valence-electron chi connectivity index (χ3n) is 5.30. The van der Waals surface area contributed by atoms with Crippen LogP contribution in [0.2, 0.25) is 0 Å². The topological polar surface area (TPSA) is 67.8 Å². The second-order valence-corrected chi connectivity index (χ2v) is 6.86. The van der Waals surface area contributed by atoms with E-state index < -0.39 is 5.97 Å². The van der Waals surface area contributed by atoms with Crippen LogP contribution in [0.25, 0.3) is 0 Å². The van der Waals surface area contributed by atoms with E-state index in [1.165, 1.54) is 24.8 Å². The average Bonchev–Trinajstić information content (AvgIpc) is 3.33. The maximum Gasteiger partial charge on any atom is 0.333 e. The highest BCUT2D eigenvalue weighted by Crippen LogP contribution is 2.36. The highest BCUT2D eigenvalue weighted by molar-refractivity contribution is 5.87. The molecule has 1 aliphatic carbocycles. The number of benzene rings is 1. The summed E-state index contributed by atoms with van der Waals surface area (Å²) in [6, 6.07) is 7.96. The van der Waals surface area contributed by atoms with Crippen molar-refractivity contribution in [2.75, 3.05) is 13.7 Å². The molecule has 3 aliphatic heterocycles. The maximum absolute atomic E-state index is 11.1. The van der Waals surface area contributed by atoms with E-state index in [0.717, 1.165) is 24.4 Å². The number of hydrogen-bond donors (Lipinski definition) is 2. The number of carboxylic acids is 1. The summed E-state index contributed by atoms with van der Waals surface area (Å²) >= 11 is 0. The van der Waals surface area contributed by atoms with Crippen molar-refractivity contribution < 1.29 is 19.4 Å². The third kappa shape index (κ3) is 4.15. The number of aliphatic carboxylic acids is 1. The van der Waals surface area contributed by atoms with Gasteiger partial charge in [-0.1, -0.05) is 19.1 Å². The lowest BCUT2D eigenvalue weighted by atomic mass is 9.96. The summed E-state index contributed by atoms with van der Waals surface area (Å²) in [5, 5.41) is 12.4. The van der Waals surface area contributed by atoms with E-state index >= 15 is 0 Å². The zero-order valence-corrected chi connectivity index (χ0v) is 15.0. The average molecular weight is 345 g/mol. The van der Waals surface area contributed by atoms with Gasteiger partial charge in [-0.2, -0.15) is 0 Å². The van der Waals surface area contributed by atoms with Crippen LogP contribution in [0.1, 0.15) is 50.5 Å². The van der Waals surface area contributed by atoms with Crippen molar-refractivity contribution in [1.29, 1.82) is 0 Å². The van der Waals surface area contributed by atoms with Crippen molar-refractivity contribution in [3.63, 3.8) is 0 Å². The molecule has 4 fully saturated rings. The Hall–Kier alpha value is -2.01. The minimum Gasteiger partial charge on any atom is -0.497 e. The predicted octanol–water partition coefficient (Wildman–Crippen LogP) is 3.46. The molecule has 136 valence electrons. The quantitative estimate of drug-likeness (QED) is 0.818. The monoisotopic (exact) mass is 345 g/mol. The van der Waals surface area contributed by atoms with Crippen molar-refractivity contribution in [3.05, 3.63) is 41.1 Å². The van der Waals surface area contributed by atoms with Crippen LogP contribution in [0.15, 0.2) is 35.5 Å².